The number of hydrogen-bond acceptors (Lipinski definition) is 4. The van der Waals surface area contributed by atoms with Gasteiger partial charge in [-0.2, -0.15) is 5.10 Å². The molecule has 2 aromatic heterocycles. The summed E-state index contributed by atoms with van der Waals surface area (Å²) in [6.07, 6.45) is 2.34. The lowest BCUT2D eigenvalue weighted by Gasteiger charge is -2.25. The molecule has 7 heteroatoms. The number of para-hydroxylation sites is 1. The van der Waals surface area contributed by atoms with Crippen LogP contribution in [0.2, 0.25) is 0 Å². The maximum absolute atomic E-state index is 13.0. The lowest BCUT2D eigenvalue weighted by molar-refractivity contribution is 0.0720. The molecule has 0 atom stereocenters. The quantitative estimate of drug-likeness (QED) is 0.545. The van der Waals surface area contributed by atoms with Gasteiger partial charge in [0, 0.05) is 24.7 Å². The molecule has 4 aromatic rings. The van der Waals surface area contributed by atoms with E-state index in [2.05, 4.69) is 27.3 Å². The van der Waals surface area contributed by atoms with Gasteiger partial charge in [0.25, 0.3) is 5.91 Å². The highest BCUT2D eigenvalue weighted by atomic mass is 16.2. The lowest BCUT2D eigenvalue weighted by atomic mass is 10.00. The first-order chi connectivity index (χ1) is 14.2. The summed E-state index contributed by atoms with van der Waals surface area (Å²) in [6.45, 7) is 1.09. The molecule has 0 radical (unpaired) electrons. The summed E-state index contributed by atoms with van der Waals surface area (Å²) in [5, 5.41) is 9.05. The Morgan fingerprint density at radius 3 is 2.45 bits per heavy atom. The van der Waals surface area contributed by atoms with E-state index in [4.69, 9.17) is 0 Å². The van der Waals surface area contributed by atoms with Crippen LogP contribution in [-0.2, 0) is 20.0 Å². The molecule has 3 heterocycles. The van der Waals surface area contributed by atoms with Crippen LogP contribution >= 0.6 is 0 Å². The van der Waals surface area contributed by atoms with E-state index in [1.54, 1.807) is 15.9 Å². The molecule has 0 bridgehead atoms. The molecule has 0 aliphatic carbocycles. The van der Waals surface area contributed by atoms with E-state index < -0.39 is 0 Å². The molecule has 2 aromatic carbocycles. The standard InChI is InChI=1S/C22H20N6O/c1-26-20(16-8-4-2-5-9-16)18-12-13-27(14-19(18)24-26)22(29)21-23-15-28(25-21)17-10-6-3-7-11-17/h2-11,15H,12-14H2,1H3. The highest BCUT2D eigenvalue weighted by Crippen LogP contribution is 2.30. The maximum atomic E-state index is 13.0. The minimum Gasteiger partial charge on any atom is -0.330 e. The molecule has 0 unspecified atom stereocenters. The fourth-order valence-electron chi connectivity index (χ4n) is 3.86. The Hall–Kier alpha value is -3.74. The summed E-state index contributed by atoms with van der Waals surface area (Å²) >= 11 is 0. The Morgan fingerprint density at radius 2 is 1.69 bits per heavy atom. The van der Waals surface area contributed by atoms with Crippen LogP contribution in [0.3, 0.4) is 0 Å². The topological polar surface area (TPSA) is 68.8 Å². The first-order valence-corrected chi connectivity index (χ1v) is 9.57. The Morgan fingerprint density at radius 1 is 0.966 bits per heavy atom. The zero-order chi connectivity index (χ0) is 19.8. The predicted molar refractivity (Wildman–Crippen MR) is 108 cm³/mol. The Labute approximate surface area is 168 Å². The molecule has 0 spiro atoms. The maximum Gasteiger partial charge on any atom is 0.293 e. The number of aromatic nitrogens is 5. The minimum atomic E-state index is -0.169. The zero-order valence-corrected chi connectivity index (χ0v) is 16.1. The summed E-state index contributed by atoms with van der Waals surface area (Å²) in [6, 6.07) is 19.9. The van der Waals surface area contributed by atoms with Gasteiger partial charge in [0.05, 0.1) is 23.6 Å². The molecular formula is C22H20N6O. The second-order valence-corrected chi connectivity index (χ2v) is 7.09. The van der Waals surface area contributed by atoms with Crippen LogP contribution < -0.4 is 0 Å². The van der Waals surface area contributed by atoms with Gasteiger partial charge in [-0.15, -0.1) is 5.10 Å². The normalized spacial score (nSPS) is 13.3. The van der Waals surface area contributed by atoms with Crippen molar-refractivity contribution in [3.05, 3.63) is 84.1 Å². The fraction of sp³-hybridized carbons (Fsp3) is 0.182. The van der Waals surface area contributed by atoms with Crippen molar-refractivity contribution < 1.29 is 4.79 Å². The van der Waals surface area contributed by atoms with Gasteiger partial charge in [-0.25, -0.2) is 9.67 Å². The molecule has 144 valence electrons. The van der Waals surface area contributed by atoms with Crippen LogP contribution in [-0.4, -0.2) is 41.9 Å². The summed E-state index contributed by atoms with van der Waals surface area (Å²) in [5.41, 5.74) is 5.29. The highest BCUT2D eigenvalue weighted by Gasteiger charge is 2.29. The Kier molecular flexibility index (Phi) is 4.20. The second-order valence-electron chi connectivity index (χ2n) is 7.09. The molecule has 0 N–H and O–H groups in total. The minimum absolute atomic E-state index is 0.169. The van der Waals surface area contributed by atoms with E-state index in [1.807, 2.05) is 60.3 Å². The molecule has 0 fully saturated rings. The summed E-state index contributed by atoms with van der Waals surface area (Å²) in [4.78, 5) is 19.0. The van der Waals surface area contributed by atoms with Crippen molar-refractivity contribution in [1.29, 1.82) is 0 Å². The molecule has 29 heavy (non-hydrogen) atoms. The Bertz CT molecular complexity index is 1160. The fourth-order valence-corrected chi connectivity index (χ4v) is 3.86. The molecule has 5 rings (SSSR count). The average Bonchev–Trinajstić information content (AvgIpc) is 3.38. The number of rotatable bonds is 3. The van der Waals surface area contributed by atoms with Crippen LogP contribution in [0.5, 0.6) is 0 Å². The first-order valence-electron chi connectivity index (χ1n) is 9.57. The third-order valence-corrected chi connectivity index (χ3v) is 5.24. The molecule has 1 amide bonds. The molecule has 1 aliphatic rings. The van der Waals surface area contributed by atoms with Gasteiger partial charge < -0.3 is 4.90 Å². The number of aryl methyl sites for hydroxylation is 1. The SMILES string of the molecule is Cn1nc2c(c1-c1ccccc1)CCN(C(=O)c1ncn(-c3ccccc3)n1)C2. The van der Waals surface area contributed by atoms with Crippen molar-refractivity contribution >= 4 is 5.91 Å². The van der Waals surface area contributed by atoms with Gasteiger partial charge in [-0.3, -0.25) is 9.48 Å². The van der Waals surface area contributed by atoms with Gasteiger partial charge in [-0.05, 0) is 18.6 Å². The Balaban J connectivity index is 1.39. The largest absolute Gasteiger partial charge is 0.330 e. The highest BCUT2D eigenvalue weighted by molar-refractivity contribution is 5.90. The van der Waals surface area contributed by atoms with Crippen LogP contribution in [0.1, 0.15) is 21.9 Å². The van der Waals surface area contributed by atoms with Gasteiger partial charge >= 0.3 is 0 Å². The number of fused-ring (bicyclic) bond motifs is 1. The van der Waals surface area contributed by atoms with Crippen LogP contribution in [0, 0.1) is 0 Å². The van der Waals surface area contributed by atoms with Gasteiger partial charge in [0.1, 0.15) is 6.33 Å². The van der Waals surface area contributed by atoms with Crippen molar-refractivity contribution in [3.63, 3.8) is 0 Å². The monoisotopic (exact) mass is 384 g/mol. The van der Waals surface area contributed by atoms with E-state index in [0.29, 0.717) is 13.1 Å². The first kappa shape index (κ1) is 17.4. The summed E-state index contributed by atoms with van der Waals surface area (Å²) in [7, 11) is 1.95. The number of nitrogens with zero attached hydrogens (tertiary/aromatic N) is 6. The average molecular weight is 384 g/mol. The number of benzene rings is 2. The number of carbonyl (C=O) groups excluding carboxylic acids is 1. The second kappa shape index (κ2) is 7.01. The summed E-state index contributed by atoms with van der Waals surface area (Å²) in [5.74, 6) is 0.0359. The van der Waals surface area contributed by atoms with Crippen molar-refractivity contribution in [2.24, 2.45) is 7.05 Å². The molecule has 1 aliphatic heterocycles. The molecule has 0 saturated carbocycles. The van der Waals surface area contributed by atoms with E-state index >= 15 is 0 Å². The summed E-state index contributed by atoms with van der Waals surface area (Å²) < 4.78 is 3.53. The van der Waals surface area contributed by atoms with Crippen molar-refractivity contribution in [2.45, 2.75) is 13.0 Å². The van der Waals surface area contributed by atoms with Gasteiger partial charge in [0.15, 0.2) is 0 Å². The van der Waals surface area contributed by atoms with E-state index in [9.17, 15) is 4.79 Å². The zero-order valence-electron chi connectivity index (χ0n) is 16.1. The van der Waals surface area contributed by atoms with Gasteiger partial charge in [0.2, 0.25) is 5.82 Å². The van der Waals surface area contributed by atoms with E-state index in [0.717, 1.165) is 29.1 Å². The lowest BCUT2D eigenvalue weighted by Crippen LogP contribution is -2.36. The third-order valence-electron chi connectivity index (χ3n) is 5.24. The molecule has 7 nitrogen and oxygen atoms in total. The van der Waals surface area contributed by atoms with Crippen molar-refractivity contribution in [1.82, 2.24) is 29.4 Å². The third kappa shape index (κ3) is 3.10. The smallest absolute Gasteiger partial charge is 0.293 e. The number of carbonyl (C=O) groups is 1. The predicted octanol–water partition coefficient (Wildman–Crippen LogP) is 2.87. The van der Waals surface area contributed by atoms with E-state index in [1.165, 1.54) is 5.56 Å². The van der Waals surface area contributed by atoms with E-state index in [-0.39, 0.29) is 11.7 Å². The van der Waals surface area contributed by atoms with Gasteiger partial charge in [-0.1, -0.05) is 48.5 Å². The molecule has 0 saturated heterocycles. The van der Waals surface area contributed by atoms with Crippen LogP contribution in [0.4, 0.5) is 0 Å². The molecular weight excluding hydrogens is 364 g/mol. The van der Waals surface area contributed by atoms with Crippen LogP contribution in [0.25, 0.3) is 16.9 Å². The van der Waals surface area contributed by atoms with Crippen molar-refractivity contribution in [2.75, 3.05) is 6.54 Å². The van der Waals surface area contributed by atoms with Crippen LogP contribution in [0.15, 0.2) is 67.0 Å². The number of hydrogen-bond donors (Lipinski definition) is 0. The number of amides is 1. The van der Waals surface area contributed by atoms with Crippen molar-refractivity contribution in [3.8, 4) is 16.9 Å².